The Balaban J connectivity index is 1.83. The number of hydrogen-bond donors (Lipinski definition) is 0. The molecule has 0 bridgehead atoms. The standard InChI is InChI=1S/C17H28/c1-3-7-14-10-12(4-2)16-11-13-8-5-6-9-15(13)17(14)16/h3,7,12-17H,4-6,8-11H2,1-2H3/b7-3+. The molecule has 3 fully saturated rings. The molecule has 3 aliphatic carbocycles. The molecule has 3 rings (SSSR count). The third kappa shape index (κ3) is 1.88. The summed E-state index contributed by atoms with van der Waals surface area (Å²) in [5.74, 6) is 6.36. The summed E-state index contributed by atoms with van der Waals surface area (Å²) < 4.78 is 0. The molecule has 0 amide bonds. The van der Waals surface area contributed by atoms with E-state index in [1.807, 2.05) is 0 Å². The highest BCUT2D eigenvalue weighted by Gasteiger charge is 2.52. The molecule has 0 aromatic rings. The maximum absolute atomic E-state index is 2.55. The fraction of sp³-hybridized carbons (Fsp3) is 0.882. The molecule has 3 aliphatic rings. The van der Waals surface area contributed by atoms with Gasteiger partial charge in [0.1, 0.15) is 0 Å². The first kappa shape index (κ1) is 11.8. The van der Waals surface area contributed by atoms with Crippen LogP contribution in [0.1, 0.15) is 58.8 Å². The van der Waals surface area contributed by atoms with Gasteiger partial charge in [0.25, 0.3) is 0 Å². The topological polar surface area (TPSA) is 0 Å². The number of fused-ring (bicyclic) bond motifs is 3. The third-order valence-corrected chi connectivity index (χ3v) is 6.17. The molecule has 96 valence electrons. The van der Waals surface area contributed by atoms with Crippen molar-refractivity contribution in [3.05, 3.63) is 12.2 Å². The molecule has 3 saturated carbocycles. The van der Waals surface area contributed by atoms with Crippen LogP contribution >= 0.6 is 0 Å². The van der Waals surface area contributed by atoms with E-state index < -0.39 is 0 Å². The molecule has 0 N–H and O–H groups in total. The summed E-state index contributed by atoms with van der Waals surface area (Å²) in [6, 6.07) is 0. The molecule has 0 radical (unpaired) electrons. The zero-order chi connectivity index (χ0) is 11.8. The summed E-state index contributed by atoms with van der Waals surface area (Å²) in [6.07, 6.45) is 15.5. The third-order valence-electron chi connectivity index (χ3n) is 6.17. The fourth-order valence-corrected chi connectivity index (χ4v) is 5.61. The maximum Gasteiger partial charge on any atom is -0.0197 e. The highest BCUT2D eigenvalue weighted by Crippen LogP contribution is 2.60. The summed E-state index contributed by atoms with van der Waals surface area (Å²) in [5, 5.41) is 0. The Hall–Kier alpha value is -0.260. The quantitative estimate of drug-likeness (QED) is 0.584. The minimum atomic E-state index is 0.933. The fourth-order valence-electron chi connectivity index (χ4n) is 5.61. The van der Waals surface area contributed by atoms with Crippen LogP contribution in [0.15, 0.2) is 12.2 Å². The smallest absolute Gasteiger partial charge is 0.0197 e. The van der Waals surface area contributed by atoms with E-state index in [-0.39, 0.29) is 0 Å². The van der Waals surface area contributed by atoms with Crippen molar-refractivity contribution in [3.63, 3.8) is 0 Å². The van der Waals surface area contributed by atoms with Crippen LogP contribution in [0, 0.1) is 35.5 Å². The van der Waals surface area contributed by atoms with Crippen LogP contribution in [-0.2, 0) is 0 Å². The Morgan fingerprint density at radius 3 is 2.65 bits per heavy atom. The molecular formula is C17H28. The van der Waals surface area contributed by atoms with Gasteiger partial charge in [0.2, 0.25) is 0 Å². The van der Waals surface area contributed by atoms with Gasteiger partial charge in [0.05, 0.1) is 0 Å². The van der Waals surface area contributed by atoms with Crippen molar-refractivity contribution in [2.45, 2.75) is 58.8 Å². The monoisotopic (exact) mass is 232 g/mol. The zero-order valence-electron chi connectivity index (χ0n) is 11.6. The van der Waals surface area contributed by atoms with E-state index in [1.54, 1.807) is 19.3 Å². The van der Waals surface area contributed by atoms with Crippen LogP contribution in [-0.4, -0.2) is 0 Å². The van der Waals surface area contributed by atoms with Crippen molar-refractivity contribution in [1.82, 2.24) is 0 Å². The van der Waals surface area contributed by atoms with E-state index in [4.69, 9.17) is 0 Å². The van der Waals surface area contributed by atoms with Crippen LogP contribution in [0.25, 0.3) is 0 Å². The first-order valence-corrected chi connectivity index (χ1v) is 7.98. The number of hydrogen-bond acceptors (Lipinski definition) is 0. The van der Waals surface area contributed by atoms with Crippen molar-refractivity contribution >= 4 is 0 Å². The van der Waals surface area contributed by atoms with Crippen molar-refractivity contribution in [3.8, 4) is 0 Å². The molecule has 6 unspecified atom stereocenters. The van der Waals surface area contributed by atoms with Crippen molar-refractivity contribution in [2.75, 3.05) is 0 Å². The molecule has 0 aromatic carbocycles. The Morgan fingerprint density at radius 2 is 1.88 bits per heavy atom. The van der Waals surface area contributed by atoms with Gasteiger partial charge in [0, 0.05) is 0 Å². The second-order valence-electron chi connectivity index (χ2n) is 6.78. The summed E-state index contributed by atoms with van der Waals surface area (Å²) >= 11 is 0. The van der Waals surface area contributed by atoms with Gasteiger partial charge in [0.15, 0.2) is 0 Å². The molecule has 0 spiro atoms. The minimum absolute atomic E-state index is 0.933. The van der Waals surface area contributed by atoms with Gasteiger partial charge in [-0.3, -0.25) is 0 Å². The highest BCUT2D eigenvalue weighted by atomic mass is 14.6. The molecule has 0 aromatic heterocycles. The van der Waals surface area contributed by atoms with Gasteiger partial charge in [-0.15, -0.1) is 0 Å². The lowest BCUT2D eigenvalue weighted by Crippen LogP contribution is -2.23. The number of allylic oxidation sites excluding steroid dienone is 2. The molecular weight excluding hydrogens is 204 g/mol. The summed E-state index contributed by atoms with van der Waals surface area (Å²) in [4.78, 5) is 0. The molecule has 0 heteroatoms. The summed E-state index contributed by atoms with van der Waals surface area (Å²) in [5.41, 5.74) is 0. The lowest BCUT2D eigenvalue weighted by Gasteiger charge is -2.31. The van der Waals surface area contributed by atoms with E-state index in [2.05, 4.69) is 26.0 Å². The van der Waals surface area contributed by atoms with Crippen molar-refractivity contribution in [1.29, 1.82) is 0 Å². The van der Waals surface area contributed by atoms with Crippen molar-refractivity contribution < 1.29 is 0 Å². The van der Waals surface area contributed by atoms with Crippen LogP contribution in [0.3, 0.4) is 0 Å². The van der Waals surface area contributed by atoms with Crippen LogP contribution < -0.4 is 0 Å². The zero-order valence-corrected chi connectivity index (χ0v) is 11.6. The van der Waals surface area contributed by atoms with E-state index in [0.29, 0.717) is 0 Å². The Kier molecular flexibility index (Phi) is 3.32. The van der Waals surface area contributed by atoms with Crippen LogP contribution in [0.2, 0.25) is 0 Å². The van der Waals surface area contributed by atoms with Gasteiger partial charge in [-0.1, -0.05) is 44.8 Å². The number of rotatable bonds is 2. The molecule has 0 aliphatic heterocycles. The summed E-state index contributed by atoms with van der Waals surface area (Å²) in [7, 11) is 0. The first-order chi connectivity index (χ1) is 8.35. The minimum Gasteiger partial charge on any atom is -0.0914 e. The van der Waals surface area contributed by atoms with Gasteiger partial charge < -0.3 is 0 Å². The van der Waals surface area contributed by atoms with Gasteiger partial charge in [-0.2, -0.15) is 0 Å². The molecule has 17 heavy (non-hydrogen) atoms. The van der Waals surface area contributed by atoms with E-state index in [9.17, 15) is 0 Å². The van der Waals surface area contributed by atoms with Crippen LogP contribution in [0.5, 0.6) is 0 Å². The molecule has 0 heterocycles. The lowest BCUT2D eigenvalue weighted by atomic mass is 9.74. The van der Waals surface area contributed by atoms with E-state index >= 15 is 0 Å². The second-order valence-corrected chi connectivity index (χ2v) is 6.78. The molecule has 6 atom stereocenters. The second kappa shape index (κ2) is 4.78. The maximum atomic E-state index is 2.55. The Labute approximate surface area is 107 Å². The SMILES string of the molecule is C/C=C/C1CC(CC)C2CC3CCCCC3C12. The van der Waals surface area contributed by atoms with Gasteiger partial charge >= 0.3 is 0 Å². The van der Waals surface area contributed by atoms with E-state index in [1.165, 1.54) is 25.7 Å². The van der Waals surface area contributed by atoms with Crippen LogP contribution in [0.4, 0.5) is 0 Å². The lowest BCUT2D eigenvalue weighted by molar-refractivity contribution is 0.201. The largest absolute Gasteiger partial charge is 0.0914 e. The predicted molar refractivity (Wildman–Crippen MR) is 73.7 cm³/mol. The van der Waals surface area contributed by atoms with Crippen molar-refractivity contribution in [2.24, 2.45) is 35.5 Å². The van der Waals surface area contributed by atoms with Gasteiger partial charge in [-0.05, 0) is 61.7 Å². The first-order valence-electron chi connectivity index (χ1n) is 7.98. The highest BCUT2D eigenvalue weighted by molar-refractivity contribution is 5.07. The average molecular weight is 232 g/mol. The van der Waals surface area contributed by atoms with E-state index in [0.717, 1.165) is 35.5 Å². The summed E-state index contributed by atoms with van der Waals surface area (Å²) in [6.45, 7) is 4.63. The normalized spacial score (nSPS) is 49.5. The Morgan fingerprint density at radius 1 is 1.06 bits per heavy atom. The predicted octanol–water partition coefficient (Wildman–Crippen LogP) is 5.05. The Bertz CT molecular complexity index is 290. The average Bonchev–Trinajstić information content (AvgIpc) is 2.87. The van der Waals surface area contributed by atoms with Gasteiger partial charge in [-0.25, -0.2) is 0 Å². The molecule has 0 nitrogen and oxygen atoms in total. The molecule has 0 saturated heterocycles.